The van der Waals surface area contributed by atoms with Crippen LogP contribution in [0.1, 0.15) is 59.8 Å². The van der Waals surface area contributed by atoms with Crippen LogP contribution < -0.4 is 9.64 Å². The smallest absolute Gasteiger partial charge is 0.233 e. The van der Waals surface area contributed by atoms with E-state index >= 15 is 0 Å². The van der Waals surface area contributed by atoms with Gasteiger partial charge in [-0.25, -0.2) is 0 Å². The first-order chi connectivity index (χ1) is 11.8. The number of hydrogen-bond acceptors (Lipinski definition) is 3. The van der Waals surface area contributed by atoms with Gasteiger partial charge in [-0.1, -0.05) is 13.8 Å². The van der Waals surface area contributed by atoms with Crippen LogP contribution in [-0.2, 0) is 4.79 Å². The third kappa shape index (κ3) is 3.41. The van der Waals surface area contributed by atoms with Gasteiger partial charge in [0.2, 0.25) is 5.91 Å². The molecule has 0 radical (unpaired) electrons. The van der Waals surface area contributed by atoms with Crippen LogP contribution in [0.4, 0.5) is 5.69 Å². The van der Waals surface area contributed by atoms with Gasteiger partial charge in [-0.15, -0.1) is 0 Å². The highest BCUT2D eigenvalue weighted by atomic mass is 16.5. The summed E-state index contributed by atoms with van der Waals surface area (Å²) in [7, 11) is 0. The fraction of sp³-hybridized carbons (Fsp3) is 0.667. The van der Waals surface area contributed by atoms with Crippen LogP contribution in [0.25, 0.3) is 0 Å². The average Bonchev–Trinajstić information content (AvgIpc) is 2.88. The number of nitrogens with zero attached hydrogens (tertiary/aromatic N) is 1. The van der Waals surface area contributed by atoms with Gasteiger partial charge in [0.1, 0.15) is 5.75 Å². The van der Waals surface area contributed by atoms with Gasteiger partial charge in [0.05, 0.1) is 17.1 Å². The van der Waals surface area contributed by atoms with Crippen molar-refractivity contribution in [2.45, 2.75) is 71.5 Å². The Kier molecular flexibility index (Phi) is 4.84. The molecule has 4 nitrogen and oxygen atoms in total. The molecule has 1 aromatic carbocycles. The van der Waals surface area contributed by atoms with E-state index in [9.17, 15) is 9.90 Å². The Morgan fingerprint density at radius 3 is 2.12 bits per heavy atom. The SMILES string of the molecule is CC(C)Oc1ccc(N2CC[C@]3(CC[C@@](O)(C(C)C)CC3)C2=O)cc1. The fourth-order valence-corrected chi connectivity index (χ4v) is 4.25. The second-order valence-electron chi connectivity index (χ2n) is 8.41. The minimum atomic E-state index is -0.602. The number of amides is 1. The molecule has 0 unspecified atom stereocenters. The molecule has 1 amide bonds. The molecule has 1 saturated carbocycles. The molecule has 3 rings (SSSR count). The minimum Gasteiger partial charge on any atom is -0.491 e. The molecule has 0 aromatic heterocycles. The highest BCUT2D eigenvalue weighted by Gasteiger charge is 2.52. The van der Waals surface area contributed by atoms with Gasteiger partial charge in [-0.05, 0) is 76.1 Å². The van der Waals surface area contributed by atoms with E-state index in [0.29, 0.717) is 0 Å². The molecule has 1 saturated heterocycles. The normalized spacial score (nSPS) is 29.9. The van der Waals surface area contributed by atoms with Crippen LogP contribution >= 0.6 is 0 Å². The lowest BCUT2D eigenvalue weighted by Gasteiger charge is -2.43. The van der Waals surface area contributed by atoms with Crippen molar-refractivity contribution >= 4 is 11.6 Å². The summed E-state index contributed by atoms with van der Waals surface area (Å²) in [6.07, 6.45) is 4.09. The largest absolute Gasteiger partial charge is 0.491 e. The van der Waals surface area contributed by atoms with Crippen molar-refractivity contribution < 1.29 is 14.6 Å². The van der Waals surface area contributed by atoms with E-state index in [1.54, 1.807) is 0 Å². The quantitative estimate of drug-likeness (QED) is 0.891. The van der Waals surface area contributed by atoms with Crippen molar-refractivity contribution in [1.82, 2.24) is 0 Å². The first kappa shape index (κ1) is 18.2. The molecule has 4 heteroatoms. The predicted molar refractivity (Wildman–Crippen MR) is 99.9 cm³/mol. The summed E-state index contributed by atoms with van der Waals surface area (Å²) < 4.78 is 5.68. The summed E-state index contributed by atoms with van der Waals surface area (Å²) in [4.78, 5) is 15.1. The average molecular weight is 345 g/mol. The zero-order valence-corrected chi connectivity index (χ0v) is 15.9. The van der Waals surface area contributed by atoms with Crippen LogP contribution in [0.2, 0.25) is 0 Å². The second kappa shape index (κ2) is 6.64. The fourth-order valence-electron chi connectivity index (χ4n) is 4.25. The number of rotatable bonds is 4. The number of ether oxygens (including phenoxy) is 1. The Balaban J connectivity index is 1.70. The Bertz CT molecular complexity index is 613. The summed E-state index contributed by atoms with van der Waals surface area (Å²) in [5.74, 6) is 1.31. The first-order valence-corrected chi connectivity index (χ1v) is 9.57. The number of anilines is 1. The molecule has 1 heterocycles. The van der Waals surface area contributed by atoms with Crippen molar-refractivity contribution in [3.05, 3.63) is 24.3 Å². The summed E-state index contributed by atoms with van der Waals surface area (Å²) in [6, 6.07) is 7.82. The number of hydrogen-bond donors (Lipinski definition) is 1. The van der Waals surface area contributed by atoms with Crippen LogP contribution in [0.5, 0.6) is 5.75 Å². The first-order valence-electron chi connectivity index (χ1n) is 9.57. The van der Waals surface area contributed by atoms with E-state index in [1.807, 2.05) is 43.0 Å². The number of carbonyl (C=O) groups excluding carboxylic acids is 1. The summed E-state index contributed by atoms with van der Waals surface area (Å²) in [6.45, 7) is 8.92. The highest BCUT2D eigenvalue weighted by molar-refractivity contribution is 6.00. The molecule has 1 aliphatic heterocycles. The van der Waals surface area contributed by atoms with Gasteiger partial charge in [-0.3, -0.25) is 4.79 Å². The van der Waals surface area contributed by atoms with Gasteiger partial charge in [-0.2, -0.15) is 0 Å². The molecule has 2 fully saturated rings. The van der Waals surface area contributed by atoms with Gasteiger partial charge in [0, 0.05) is 12.2 Å². The lowest BCUT2D eigenvalue weighted by molar-refractivity contribution is -0.132. The topological polar surface area (TPSA) is 49.8 Å². The van der Waals surface area contributed by atoms with Crippen molar-refractivity contribution in [3.63, 3.8) is 0 Å². The van der Waals surface area contributed by atoms with Crippen molar-refractivity contribution in [1.29, 1.82) is 0 Å². The number of aliphatic hydroxyl groups is 1. The van der Waals surface area contributed by atoms with Gasteiger partial charge in [0.15, 0.2) is 0 Å². The molecule has 0 bridgehead atoms. The Labute approximate surface area is 151 Å². The number of benzene rings is 1. The maximum atomic E-state index is 13.1. The van der Waals surface area contributed by atoms with Gasteiger partial charge in [0.25, 0.3) is 0 Å². The maximum Gasteiger partial charge on any atom is 0.233 e. The predicted octanol–water partition coefficient (Wildman–Crippen LogP) is 4.16. The van der Waals surface area contributed by atoms with Crippen molar-refractivity contribution in [2.75, 3.05) is 11.4 Å². The standard InChI is InChI=1S/C21H31NO3/c1-15(2)21(24)11-9-20(10-12-21)13-14-22(19(20)23)17-5-7-18(8-6-17)25-16(3)4/h5-8,15-16,24H,9-14H2,1-4H3/t20-,21+. The van der Waals surface area contributed by atoms with E-state index in [-0.39, 0.29) is 23.3 Å². The van der Waals surface area contributed by atoms with Crippen LogP contribution in [-0.4, -0.2) is 29.3 Å². The zero-order chi connectivity index (χ0) is 18.2. The molecule has 0 atom stereocenters. The monoisotopic (exact) mass is 345 g/mol. The molecule has 2 aliphatic rings. The Morgan fingerprint density at radius 2 is 1.60 bits per heavy atom. The van der Waals surface area contributed by atoms with Crippen molar-refractivity contribution in [3.8, 4) is 5.75 Å². The van der Waals surface area contributed by atoms with E-state index in [4.69, 9.17) is 4.74 Å². The maximum absolute atomic E-state index is 13.1. The summed E-state index contributed by atoms with van der Waals surface area (Å²) in [5, 5.41) is 10.7. The molecule has 25 heavy (non-hydrogen) atoms. The van der Waals surface area contributed by atoms with E-state index in [2.05, 4.69) is 13.8 Å². The van der Waals surface area contributed by atoms with Gasteiger partial charge < -0.3 is 14.7 Å². The van der Waals surface area contributed by atoms with Crippen LogP contribution in [0.3, 0.4) is 0 Å². The van der Waals surface area contributed by atoms with E-state index in [0.717, 1.165) is 50.1 Å². The van der Waals surface area contributed by atoms with Crippen molar-refractivity contribution in [2.24, 2.45) is 11.3 Å². The zero-order valence-electron chi connectivity index (χ0n) is 15.9. The number of carbonyl (C=O) groups is 1. The van der Waals surface area contributed by atoms with E-state index < -0.39 is 5.60 Å². The summed E-state index contributed by atoms with van der Waals surface area (Å²) >= 11 is 0. The van der Waals surface area contributed by atoms with E-state index in [1.165, 1.54) is 0 Å². The van der Waals surface area contributed by atoms with Crippen LogP contribution in [0, 0.1) is 11.3 Å². The Morgan fingerprint density at radius 1 is 1.00 bits per heavy atom. The molecule has 138 valence electrons. The molecule has 1 spiro atoms. The lowest BCUT2D eigenvalue weighted by Crippen LogP contribution is -2.46. The van der Waals surface area contributed by atoms with Crippen LogP contribution in [0.15, 0.2) is 24.3 Å². The third-order valence-corrected chi connectivity index (χ3v) is 6.18. The second-order valence-corrected chi connectivity index (χ2v) is 8.41. The molecular formula is C21H31NO3. The third-order valence-electron chi connectivity index (χ3n) is 6.18. The minimum absolute atomic E-state index is 0.143. The summed E-state index contributed by atoms with van der Waals surface area (Å²) in [5.41, 5.74) is 0.0749. The van der Waals surface area contributed by atoms with Gasteiger partial charge >= 0.3 is 0 Å². The molecule has 1 aliphatic carbocycles. The highest BCUT2D eigenvalue weighted by Crippen LogP contribution is 2.50. The lowest BCUT2D eigenvalue weighted by atomic mass is 9.65. The Hall–Kier alpha value is -1.55. The molecular weight excluding hydrogens is 314 g/mol. The molecule has 1 aromatic rings. The molecule has 1 N–H and O–H groups in total.